The number of alkyl halides is 1. The van der Waals surface area contributed by atoms with E-state index in [0.29, 0.717) is 5.88 Å². The first-order chi connectivity index (χ1) is 9.74. The zero-order valence-corrected chi connectivity index (χ0v) is 14.7. The number of benzene rings is 1. The largest absolute Gasteiger partial charge is 0.457 e. The molecule has 0 radical (unpaired) electrons. The van der Waals surface area contributed by atoms with Gasteiger partial charge in [0.2, 0.25) is 0 Å². The molecule has 2 rings (SSSR count). The van der Waals surface area contributed by atoms with Crippen molar-refractivity contribution >= 4 is 34.1 Å². The van der Waals surface area contributed by atoms with Gasteiger partial charge in [0.15, 0.2) is 0 Å². The summed E-state index contributed by atoms with van der Waals surface area (Å²) in [5, 5.41) is 0. The monoisotopic (exact) mass is 334 g/mol. The second-order valence-corrected chi connectivity index (χ2v) is 7.08. The Bertz CT molecular complexity index is 545. The van der Waals surface area contributed by atoms with E-state index in [9.17, 15) is 4.21 Å². The summed E-state index contributed by atoms with van der Waals surface area (Å²) in [6.07, 6.45) is -0.0869. The topological polar surface area (TPSA) is 48.7 Å². The maximum atomic E-state index is 10.6. The number of halogens is 1. The van der Waals surface area contributed by atoms with E-state index < -0.39 is 11.4 Å². The van der Waals surface area contributed by atoms with E-state index in [1.807, 2.05) is 12.1 Å². The molecule has 2 aromatic heterocycles. The smallest absolute Gasteiger partial charge is 0.304 e. The Labute approximate surface area is 133 Å². The maximum Gasteiger partial charge on any atom is 0.304 e. The highest BCUT2D eigenvalue weighted by molar-refractivity contribution is 7.75. The van der Waals surface area contributed by atoms with E-state index in [-0.39, 0.29) is 18.1 Å². The fraction of sp³-hybridized carbons (Fsp3) is 0.600. The van der Waals surface area contributed by atoms with Gasteiger partial charge in [-0.3, -0.25) is 8.37 Å². The summed E-state index contributed by atoms with van der Waals surface area (Å²) in [7, 11) is 0. The van der Waals surface area contributed by atoms with Gasteiger partial charge in [0.25, 0.3) is 0 Å². The zero-order chi connectivity index (χ0) is 16.0. The van der Waals surface area contributed by atoms with Gasteiger partial charge in [-0.05, 0) is 37.5 Å². The van der Waals surface area contributed by atoms with Crippen LogP contribution in [0, 0.1) is 0 Å². The molecule has 0 N–H and O–H groups in total. The van der Waals surface area contributed by atoms with Crippen LogP contribution in [0.25, 0.3) is 11.2 Å². The molecular weight excluding hydrogens is 312 g/mol. The average Bonchev–Trinajstić information content (AvgIpc) is 2.97. The van der Waals surface area contributed by atoms with Gasteiger partial charge in [0.05, 0.1) is 12.7 Å². The summed E-state index contributed by atoms with van der Waals surface area (Å²) in [5.74, 6) is 0.327. The van der Waals surface area contributed by atoms with Crippen LogP contribution in [0.4, 0.5) is 0 Å². The van der Waals surface area contributed by atoms with Crippen LogP contribution in [0.15, 0.2) is 22.6 Å². The van der Waals surface area contributed by atoms with Gasteiger partial charge in [-0.15, -0.1) is 11.6 Å². The van der Waals surface area contributed by atoms with Crippen molar-refractivity contribution in [3.05, 3.63) is 23.8 Å². The number of hydrogen-bond acceptors (Lipinski definition) is 4. The van der Waals surface area contributed by atoms with Gasteiger partial charge in [-0.25, -0.2) is 0 Å². The summed E-state index contributed by atoms with van der Waals surface area (Å²) >= 11 is 3.63. The fourth-order valence-electron chi connectivity index (χ4n) is 1.66. The summed E-state index contributed by atoms with van der Waals surface area (Å²) in [4.78, 5) is 0. The van der Waals surface area contributed by atoms with Crippen LogP contribution in [0.3, 0.4) is 0 Å². The molecule has 21 heavy (non-hydrogen) atoms. The van der Waals surface area contributed by atoms with Crippen LogP contribution in [0.2, 0.25) is 0 Å². The summed E-state index contributed by atoms with van der Waals surface area (Å²) in [6.45, 7) is 10.4. The second-order valence-electron chi connectivity index (χ2n) is 5.87. The molecule has 2 heterocycles. The maximum absolute atomic E-state index is 10.6. The predicted octanol–water partition coefficient (Wildman–Crippen LogP) is 4.41. The minimum Gasteiger partial charge on any atom is -0.457 e. The van der Waals surface area contributed by atoms with Crippen molar-refractivity contribution in [2.45, 2.75) is 46.1 Å². The third kappa shape index (κ3) is 6.34. The lowest BCUT2D eigenvalue weighted by Crippen LogP contribution is -2.09. The van der Waals surface area contributed by atoms with Crippen molar-refractivity contribution in [3.8, 4) is 0 Å². The van der Waals surface area contributed by atoms with Gasteiger partial charge >= 0.3 is 11.4 Å². The van der Waals surface area contributed by atoms with Crippen molar-refractivity contribution in [1.29, 1.82) is 0 Å². The van der Waals surface area contributed by atoms with E-state index in [0.717, 1.165) is 11.2 Å². The molecule has 2 bridgehead atoms. The normalized spacial score (nSPS) is 13.5. The van der Waals surface area contributed by atoms with Crippen LogP contribution in [-0.4, -0.2) is 22.8 Å². The molecule has 1 atom stereocenters. The summed E-state index contributed by atoms with van der Waals surface area (Å²) in [5.41, 5.74) is 3.55. The van der Waals surface area contributed by atoms with Crippen LogP contribution in [-0.2, 0) is 25.1 Å². The Morgan fingerprint density at radius 3 is 2.33 bits per heavy atom. The van der Waals surface area contributed by atoms with Gasteiger partial charge in [0.1, 0.15) is 11.2 Å². The first-order valence-corrected chi connectivity index (χ1v) is 8.38. The minimum absolute atomic E-state index is 0.0869. The number of fused-ring (bicyclic) bond motifs is 2. The highest BCUT2D eigenvalue weighted by atomic mass is 35.5. The SMILES string of the molecule is CC(C)(C)c1cc2ccc1o2.CC(C)OS(=O)OCCCl. The van der Waals surface area contributed by atoms with Crippen LogP contribution < -0.4 is 0 Å². The lowest BCUT2D eigenvalue weighted by atomic mass is 9.87. The Morgan fingerprint density at radius 2 is 2.00 bits per heavy atom. The van der Waals surface area contributed by atoms with Crippen molar-refractivity contribution in [2.24, 2.45) is 0 Å². The van der Waals surface area contributed by atoms with Crippen molar-refractivity contribution < 1.29 is 17.0 Å². The molecule has 2 aromatic rings. The number of hydrogen-bond donors (Lipinski definition) is 0. The van der Waals surface area contributed by atoms with Crippen molar-refractivity contribution in [1.82, 2.24) is 0 Å². The van der Waals surface area contributed by atoms with Crippen LogP contribution in [0.1, 0.15) is 40.2 Å². The molecule has 0 saturated heterocycles. The zero-order valence-electron chi connectivity index (χ0n) is 13.1. The Balaban J connectivity index is 0.000000212. The molecule has 0 fully saturated rings. The molecule has 0 aromatic carbocycles. The average molecular weight is 335 g/mol. The molecule has 4 nitrogen and oxygen atoms in total. The highest BCUT2D eigenvalue weighted by Gasteiger charge is 2.19. The molecule has 6 heteroatoms. The molecule has 0 aliphatic carbocycles. The molecule has 0 spiro atoms. The van der Waals surface area contributed by atoms with Crippen LogP contribution in [0.5, 0.6) is 0 Å². The number of furan rings is 2. The molecular formula is C15H23ClO4S. The minimum atomic E-state index is -1.63. The molecule has 120 valence electrons. The third-order valence-corrected chi connectivity index (χ3v) is 3.57. The third-order valence-electron chi connectivity index (χ3n) is 2.51. The molecule has 0 amide bonds. The quantitative estimate of drug-likeness (QED) is 0.760. The van der Waals surface area contributed by atoms with Gasteiger partial charge < -0.3 is 4.42 Å². The summed E-state index contributed by atoms with van der Waals surface area (Å²) < 4.78 is 25.4. The first-order valence-electron chi connectivity index (χ1n) is 6.84. The first kappa shape index (κ1) is 18.4. The van der Waals surface area contributed by atoms with E-state index in [1.165, 1.54) is 5.56 Å². The second kappa shape index (κ2) is 8.13. The molecule has 1 unspecified atom stereocenters. The standard InChI is InChI=1S/C10H12O.C5H11ClO3S/c1-10(2,3)8-6-7-4-5-9(8)11-7;1-5(2)9-10(7)8-4-3-6/h4-6H,1-3H3;5H,3-4H2,1-2H3. The van der Waals surface area contributed by atoms with Crippen molar-refractivity contribution in [2.75, 3.05) is 12.5 Å². The molecule has 0 aliphatic rings. The highest BCUT2D eigenvalue weighted by Crippen LogP contribution is 2.32. The van der Waals surface area contributed by atoms with E-state index in [4.69, 9.17) is 20.2 Å². The van der Waals surface area contributed by atoms with Gasteiger partial charge in [-0.1, -0.05) is 20.8 Å². The number of rotatable bonds is 5. The lowest BCUT2D eigenvalue weighted by Gasteiger charge is -2.16. The molecule has 0 saturated carbocycles. The van der Waals surface area contributed by atoms with E-state index >= 15 is 0 Å². The van der Waals surface area contributed by atoms with Crippen LogP contribution >= 0.6 is 11.6 Å². The fourth-order valence-corrected chi connectivity index (χ4v) is 2.42. The Kier molecular flexibility index (Phi) is 7.13. The van der Waals surface area contributed by atoms with Gasteiger partial charge in [-0.2, -0.15) is 4.21 Å². The van der Waals surface area contributed by atoms with Gasteiger partial charge in [0, 0.05) is 11.4 Å². The predicted molar refractivity (Wildman–Crippen MR) is 87.1 cm³/mol. The van der Waals surface area contributed by atoms with E-state index in [2.05, 4.69) is 31.0 Å². The van der Waals surface area contributed by atoms with E-state index in [1.54, 1.807) is 13.8 Å². The molecule has 0 aliphatic heterocycles. The summed E-state index contributed by atoms with van der Waals surface area (Å²) in [6, 6.07) is 6.16. The lowest BCUT2D eigenvalue weighted by molar-refractivity contribution is 0.214. The Morgan fingerprint density at radius 1 is 1.33 bits per heavy atom. The Hall–Kier alpha value is -0.620. The van der Waals surface area contributed by atoms with Crippen molar-refractivity contribution in [3.63, 3.8) is 0 Å².